The van der Waals surface area contributed by atoms with Gasteiger partial charge in [0, 0.05) is 24.5 Å². The van der Waals surface area contributed by atoms with Gasteiger partial charge in [-0.25, -0.2) is 4.98 Å². The fraction of sp³-hybridized carbons (Fsp3) is 0.238. The molecule has 1 saturated carbocycles. The van der Waals surface area contributed by atoms with Gasteiger partial charge in [-0.2, -0.15) is 0 Å². The average molecular weight is 379 g/mol. The Balaban J connectivity index is 1.63. The van der Waals surface area contributed by atoms with Crippen molar-refractivity contribution in [2.45, 2.75) is 29.3 Å². The Morgan fingerprint density at radius 1 is 1.22 bits per heavy atom. The smallest absolute Gasteiger partial charge is 0.238 e. The van der Waals surface area contributed by atoms with Crippen LogP contribution in [0.2, 0.25) is 0 Å². The van der Waals surface area contributed by atoms with Crippen LogP contribution < -0.4 is 10.1 Å². The van der Waals surface area contributed by atoms with Crippen LogP contribution in [0.1, 0.15) is 23.7 Å². The number of methoxy groups -OCH3 is 1. The lowest BCUT2D eigenvalue weighted by atomic mass is 10.1. The normalized spacial score (nSPS) is 14.6. The van der Waals surface area contributed by atoms with Crippen molar-refractivity contribution in [3.05, 3.63) is 72.6 Å². The fourth-order valence-electron chi connectivity index (χ4n) is 2.84. The number of benzene rings is 2. The molecule has 5 nitrogen and oxygen atoms in total. The minimum Gasteiger partial charge on any atom is -0.497 e. The van der Waals surface area contributed by atoms with Crippen molar-refractivity contribution in [3.63, 3.8) is 0 Å². The standard InChI is InChI=1S/C21H21N3O2S/c1-26-18-9-5-8-17(14-18)24-13-12-22-21(24)27-19(15-6-3-2-4-7-15)20(25)23-16-10-11-16/h2-9,12-14,16,19H,10-11H2,1H3,(H,23,25)/t19-/m1/s1. The quantitative estimate of drug-likeness (QED) is 0.631. The minimum atomic E-state index is -0.349. The molecule has 6 heteroatoms. The third-order valence-electron chi connectivity index (χ3n) is 4.43. The maximum absolute atomic E-state index is 12.9. The monoisotopic (exact) mass is 379 g/mol. The number of imidazole rings is 1. The van der Waals surface area contributed by atoms with Crippen molar-refractivity contribution in [3.8, 4) is 11.4 Å². The van der Waals surface area contributed by atoms with Crippen LogP contribution in [0.15, 0.2) is 72.1 Å². The molecule has 1 aliphatic carbocycles. The predicted octanol–water partition coefficient (Wildman–Crippen LogP) is 3.99. The molecule has 1 aliphatic rings. The van der Waals surface area contributed by atoms with Gasteiger partial charge in [-0.15, -0.1) is 0 Å². The third-order valence-corrected chi connectivity index (χ3v) is 5.66. The summed E-state index contributed by atoms with van der Waals surface area (Å²) >= 11 is 1.46. The van der Waals surface area contributed by atoms with Crippen LogP contribution in [0.5, 0.6) is 5.75 Å². The van der Waals surface area contributed by atoms with Crippen molar-refractivity contribution in [1.29, 1.82) is 0 Å². The Morgan fingerprint density at radius 3 is 2.78 bits per heavy atom. The van der Waals surface area contributed by atoms with E-state index in [0.717, 1.165) is 35.0 Å². The molecule has 1 fully saturated rings. The molecule has 1 heterocycles. The van der Waals surface area contributed by atoms with E-state index in [0.29, 0.717) is 6.04 Å². The summed E-state index contributed by atoms with van der Waals surface area (Å²) in [7, 11) is 1.65. The van der Waals surface area contributed by atoms with Crippen molar-refractivity contribution in [2.24, 2.45) is 0 Å². The number of nitrogens with zero attached hydrogens (tertiary/aromatic N) is 2. The highest BCUT2D eigenvalue weighted by atomic mass is 32.2. The van der Waals surface area contributed by atoms with Gasteiger partial charge in [-0.3, -0.25) is 9.36 Å². The largest absolute Gasteiger partial charge is 0.497 e. The van der Waals surface area contributed by atoms with E-state index in [1.165, 1.54) is 11.8 Å². The number of aromatic nitrogens is 2. The fourth-order valence-corrected chi connectivity index (χ4v) is 3.93. The predicted molar refractivity (Wildman–Crippen MR) is 106 cm³/mol. The molecule has 0 spiro atoms. The maximum atomic E-state index is 12.9. The summed E-state index contributed by atoms with van der Waals surface area (Å²) in [4.78, 5) is 17.4. The molecule has 1 atom stereocenters. The van der Waals surface area contributed by atoms with Gasteiger partial charge in [0.2, 0.25) is 5.91 Å². The lowest BCUT2D eigenvalue weighted by Gasteiger charge is -2.17. The molecule has 0 unspecified atom stereocenters. The number of ether oxygens (including phenoxy) is 1. The van der Waals surface area contributed by atoms with Gasteiger partial charge in [0.15, 0.2) is 5.16 Å². The Morgan fingerprint density at radius 2 is 2.04 bits per heavy atom. The number of carbonyl (C=O) groups excluding carboxylic acids is 1. The summed E-state index contributed by atoms with van der Waals surface area (Å²) < 4.78 is 7.31. The Labute approximate surface area is 162 Å². The van der Waals surface area contributed by atoms with Gasteiger partial charge in [0.25, 0.3) is 0 Å². The van der Waals surface area contributed by atoms with E-state index >= 15 is 0 Å². The van der Waals surface area contributed by atoms with Gasteiger partial charge < -0.3 is 10.1 Å². The SMILES string of the molecule is COc1cccc(-n2ccnc2S[C@@H](C(=O)NC2CC2)c2ccccc2)c1. The second-order valence-corrected chi connectivity index (χ2v) is 7.54. The number of hydrogen-bond donors (Lipinski definition) is 1. The summed E-state index contributed by atoms with van der Waals surface area (Å²) in [6, 6.07) is 18.0. The van der Waals surface area contributed by atoms with Gasteiger partial charge >= 0.3 is 0 Å². The number of thioether (sulfide) groups is 1. The number of carbonyl (C=O) groups is 1. The summed E-state index contributed by atoms with van der Waals surface area (Å²) in [5.41, 5.74) is 1.92. The Hall–Kier alpha value is -2.73. The van der Waals surface area contributed by atoms with Crippen molar-refractivity contribution in [1.82, 2.24) is 14.9 Å². The van der Waals surface area contributed by atoms with E-state index in [2.05, 4.69) is 10.3 Å². The van der Waals surface area contributed by atoms with Crippen LogP contribution in [-0.2, 0) is 4.79 Å². The summed E-state index contributed by atoms with van der Waals surface area (Å²) in [5.74, 6) is 0.817. The highest BCUT2D eigenvalue weighted by Crippen LogP contribution is 2.36. The minimum absolute atomic E-state index is 0.0360. The second kappa shape index (κ2) is 7.88. The Kier molecular flexibility index (Phi) is 5.16. The molecule has 1 N–H and O–H groups in total. The zero-order valence-electron chi connectivity index (χ0n) is 15.0. The summed E-state index contributed by atoms with van der Waals surface area (Å²) in [6.07, 6.45) is 5.79. The van der Waals surface area contributed by atoms with E-state index in [-0.39, 0.29) is 11.2 Å². The van der Waals surface area contributed by atoms with Crippen molar-refractivity contribution >= 4 is 17.7 Å². The topological polar surface area (TPSA) is 56.2 Å². The second-order valence-electron chi connectivity index (χ2n) is 6.47. The molecular weight excluding hydrogens is 358 g/mol. The first kappa shape index (κ1) is 17.7. The first-order valence-corrected chi connectivity index (χ1v) is 9.82. The molecule has 27 heavy (non-hydrogen) atoms. The average Bonchev–Trinajstić information content (AvgIpc) is 3.40. The first-order chi connectivity index (χ1) is 13.2. The highest BCUT2D eigenvalue weighted by molar-refractivity contribution is 8.00. The lowest BCUT2D eigenvalue weighted by molar-refractivity contribution is -0.120. The summed E-state index contributed by atoms with van der Waals surface area (Å²) in [6.45, 7) is 0. The van der Waals surface area contributed by atoms with Crippen LogP contribution >= 0.6 is 11.8 Å². The zero-order chi connectivity index (χ0) is 18.6. The summed E-state index contributed by atoms with van der Waals surface area (Å²) in [5, 5.41) is 3.54. The molecular formula is C21H21N3O2S. The number of rotatable bonds is 7. The Bertz CT molecular complexity index is 922. The van der Waals surface area contributed by atoms with Crippen LogP contribution in [0, 0.1) is 0 Å². The van der Waals surface area contributed by atoms with Crippen LogP contribution in [-0.4, -0.2) is 28.6 Å². The molecule has 0 radical (unpaired) electrons. The maximum Gasteiger partial charge on any atom is 0.238 e. The van der Waals surface area contributed by atoms with Crippen molar-refractivity contribution < 1.29 is 9.53 Å². The first-order valence-electron chi connectivity index (χ1n) is 8.94. The van der Waals surface area contributed by atoms with Gasteiger partial charge in [0.05, 0.1) is 12.8 Å². The van der Waals surface area contributed by atoms with Crippen LogP contribution in [0.4, 0.5) is 0 Å². The molecule has 138 valence electrons. The van der Waals surface area contributed by atoms with E-state index < -0.39 is 0 Å². The molecule has 1 aromatic heterocycles. The number of hydrogen-bond acceptors (Lipinski definition) is 4. The number of amides is 1. The third kappa shape index (κ3) is 4.17. The van der Waals surface area contributed by atoms with Gasteiger partial charge in [-0.05, 0) is 30.5 Å². The molecule has 0 bridgehead atoms. The highest BCUT2D eigenvalue weighted by Gasteiger charge is 2.30. The lowest BCUT2D eigenvalue weighted by Crippen LogP contribution is -2.29. The molecule has 3 aromatic rings. The molecule has 1 amide bonds. The van der Waals surface area contributed by atoms with Crippen LogP contribution in [0.25, 0.3) is 5.69 Å². The van der Waals surface area contributed by atoms with E-state index in [9.17, 15) is 4.79 Å². The van der Waals surface area contributed by atoms with E-state index in [1.807, 2.05) is 65.4 Å². The van der Waals surface area contributed by atoms with E-state index in [4.69, 9.17) is 4.74 Å². The van der Waals surface area contributed by atoms with Crippen molar-refractivity contribution in [2.75, 3.05) is 7.11 Å². The molecule has 0 saturated heterocycles. The molecule has 2 aromatic carbocycles. The van der Waals surface area contributed by atoms with Gasteiger partial charge in [-0.1, -0.05) is 48.2 Å². The van der Waals surface area contributed by atoms with Gasteiger partial charge in [0.1, 0.15) is 11.0 Å². The number of nitrogens with one attached hydrogen (secondary N) is 1. The molecule has 4 rings (SSSR count). The molecule has 0 aliphatic heterocycles. The van der Waals surface area contributed by atoms with Crippen LogP contribution in [0.3, 0.4) is 0 Å². The zero-order valence-corrected chi connectivity index (χ0v) is 15.9. The van der Waals surface area contributed by atoms with E-state index in [1.54, 1.807) is 13.3 Å².